The third kappa shape index (κ3) is 2.80. The Morgan fingerprint density at radius 3 is 2.50 bits per heavy atom. The molecule has 2 aromatic rings. The van der Waals surface area contributed by atoms with Gasteiger partial charge in [0.25, 0.3) is 0 Å². The van der Waals surface area contributed by atoms with E-state index in [-0.39, 0.29) is 0 Å². The van der Waals surface area contributed by atoms with Gasteiger partial charge in [-0.2, -0.15) is 0 Å². The second-order valence-corrected chi connectivity index (χ2v) is 6.86. The van der Waals surface area contributed by atoms with Gasteiger partial charge in [-0.25, -0.2) is 0 Å². The van der Waals surface area contributed by atoms with Crippen molar-refractivity contribution in [3.63, 3.8) is 0 Å². The predicted molar refractivity (Wildman–Crippen MR) is 89.8 cm³/mol. The van der Waals surface area contributed by atoms with E-state index in [9.17, 15) is 0 Å². The molecule has 22 heavy (non-hydrogen) atoms. The summed E-state index contributed by atoms with van der Waals surface area (Å²) in [4.78, 5) is 7.12. The predicted octanol–water partition coefficient (Wildman–Crippen LogP) is 3.89. The molecule has 5 rings (SSSR count). The molecule has 2 nitrogen and oxygen atoms in total. The summed E-state index contributed by atoms with van der Waals surface area (Å²) in [7, 11) is 0. The topological polar surface area (TPSA) is 16.1 Å². The average Bonchev–Trinajstić information content (AvgIpc) is 2.62. The van der Waals surface area contributed by atoms with E-state index >= 15 is 0 Å². The van der Waals surface area contributed by atoms with Crippen LogP contribution in [0.25, 0.3) is 0 Å². The van der Waals surface area contributed by atoms with Crippen LogP contribution in [-0.4, -0.2) is 29.0 Å². The van der Waals surface area contributed by atoms with E-state index in [4.69, 9.17) is 0 Å². The fourth-order valence-corrected chi connectivity index (χ4v) is 4.37. The largest absolute Gasteiger partial charge is 0.300 e. The molecule has 0 N–H and O–H groups in total. The highest BCUT2D eigenvalue weighted by Gasteiger charge is 2.38. The fraction of sp³-hybridized carbons (Fsp3) is 0.450. The van der Waals surface area contributed by atoms with Crippen LogP contribution < -0.4 is 0 Å². The Balaban J connectivity index is 1.63. The summed E-state index contributed by atoms with van der Waals surface area (Å²) < 4.78 is 0. The Hall–Kier alpha value is -1.67. The highest BCUT2D eigenvalue weighted by molar-refractivity contribution is 5.24. The van der Waals surface area contributed by atoms with Gasteiger partial charge < -0.3 is 0 Å². The van der Waals surface area contributed by atoms with Crippen LogP contribution in [0.2, 0.25) is 0 Å². The average molecular weight is 292 g/mol. The summed E-state index contributed by atoms with van der Waals surface area (Å²) in [5.74, 6) is 1.52. The lowest BCUT2D eigenvalue weighted by molar-refractivity contribution is 0.0345. The summed E-state index contributed by atoms with van der Waals surface area (Å²) in [6.45, 7) is 2.59. The van der Waals surface area contributed by atoms with Crippen molar-refractivity contribution >= 4 is 0 Å². The zero-order valence-electron chi connectivity index (χ0n) is 13.1. The van der Waals surface area contributed by atoms with Crippen LogP contribution >= 0.6 is 0 Å². The van der Waals surface area contributed by atoms with Crippen molar-refractivity contribution in [2.45, 2.75) is 37.6 Å². The van der Waals surface area contributed by atoms with Crippen molar-refractivity contribution in [1.29, 1.82) is 0 Å². The van der Waals surface area contributed by atoms with Gasteiger partial charge in [0.05, 0.1) is 0 Å². The van der Waals surface area contributed by atoms with Gasteiger partial charge in [-0.05, 0) is 61.9 Å². The van der Waals surface area contributed by atoms with Crippen molar-refractivity contribution in [3.05, 3.63) is 66.0 Å². The first-order valence-corrected chi connectivity index (χ1v) is 8.58. The van der Waals surface area contributed by atoms with Gasteiger partial charge in [-0.1, -0.05) is 36.4 Å². The zero-order chi connectivity index (χ0) is 14.8. The Labute approximate surface area is 133 Å². The molecule has 0 aliphatic carbocycles. The second-order valence-electron chi connectivity index (χ2n) is 6.86. The lowest BCUT2D eigenvalue weighted by Crippen LogP contribution is -2.51. The Morgan fingerprint density at radius 2 is 1.86 bits per heavy atom. The third-order valence-corrected chi connectivity index (χ3v) is 5.57. The Morgan fingerprint density at radius 1 is 1.05 bits per heavy atom. The van der Waals surface area contributed by atoms with E-state index in [1.165, 1.54) is 43.5 Å². The monoisotopic (exact) mass is 292 g/mol. The Kier molecular flexibility index (Phi) is 3.94. The number of pyridine rings is 1. The molecule has 0 amide bonds. The first-order chi connectivity index (χ1) is 10.9. The maximum atomic E-state index is 4.39. The summed E-state index contributed by atoms with van der Waals surface area (Å²) in [6, 6.07) is 16.0. The van der Waals surface area contributed by atoms with Crippen LogP contribution in [0.4, 0.5) is 0 Å². The molecule has 0 saturated carbocycles. The lowest BCUT2D eigenvalue weighted by Gasteiger charge is -2.48. The minimum Gasteiger partial charge on any atom is -0.300 e. The van der Waals surface area contributed by atoms with Crippen molar-refractivity contribution < 1.29 is 0 Å². The van der Waals surface area contributed by atoms with Gasteiger partial charge in [0.15, 0.2) is 0 Å². The smallest absolute Gasteiger partial charge is 0.0303 e. The van der Waals surface area contributed by atoms with Gasteiger partial charge in [0.2, 0.25) is 0 Å². The van der Waals surface area contributed by atoms with Crippen molar-refractivity contribution in [1.82, 2.24) is 9.88 Å². The molecule has 2 unspecified atom stereocenters. The summed E-state index contributed by atoms with van der Waals surface area (Å²) >= 11 is 0. The number of aromatic nitrogens is 1. The second kappa shape index (κ2) is 6.21. The number of nitrogens with zero attached hydrogens (tertiary/aromatic N) is 2. The molecular formula is C20H24N2. The molecule has 0 spiro atoms. The molecular weight excluding hydrogens is 268 g/mol. The van der Waals surface area contributed by atoms with E-state index in [2.05, 4.69) is 58.5 Å². The summed E-state index contributed by atoms with van der Waals surface area (Å²) in [5.41, 5.74) is 2.85. The quantitative estimate of drug-likeness (QED) is 0.850. The molecule has 1 aromatic heterocycles. The number of benzene rings is 1. The molecule has 0 radical (unpaired) electrons. The van der Waals surface area contributed by atoms with Gasteiger partial charge in [-0.15, -0.1) is 0 Å². The zero-order valence-corrected chi connectivity index (χ0v) is 13.1. The molecule has 3 aliphatic heterocycles. The van der Waals surface area contributed by atoms with Crippen LogP contribution in [0.5, 0.6) is 0 Å². The molecule has 4 heterocycles. The number of hydrogen-bond acceptors (Lipinski definition) is 2. The normalized spacial score (nSPS) is 28.5. The Bertz CT molecular complexity index is 588. The molecule has 2 bridgehead atoms. The van der Waals surface area contributed by atoms with Crippen LogP contribution in [0.3, 0.4) is 0 Å². The fourth-order valence-electron chi connectivity index (χ4n) is 4.37. The van der Waals surface area contributed by atoms with E-state index in [0.717, 1.165) is 12.3 Å². The van der Waals surface area contributed by atoms with Crippen LogP contribution in [-0.2, 0) is 6.42 Å². The highest BCUT2D eigenvalue weighted by atomic mass is 15.2. The number of piperidine rings is 3. The molecule has 2 atom stereocenters. The maximum Gasteiger partial charge on any atom is 0.0303 e. The molecule has 1 aromatic carbocycles. The minimum atomic E-state index is 0.569. The van der Waals surface area contributed by atoms with Gasteiger partial charge in [-0.3, -0.25) is 9.88 Å². The SMILES string of the molecule is c1ccc(CC(c2cccnc2)C2CC3CCN2CC3)cc1. The first kappa shape index (κ1) is 14.0. The number of rotatable bonds is 4. The van der Waals surface area contributed by atoms with Crippen molar-refractivity contribution in [2.75, 3.05) is 13.1 Å². The standard InChI is InChI=1S/C20H24N2/c1-2-5-16(6-3-1)13-19(18-7-4-10-21-15-18)20-14-17-8-11-22(20)12-9-17/h1-7,10,15,17,19-20H,8-9,11-14H2. The minimum absolute atomic E-state index is 0.569. The van der Waals surface area contributed by atoms with E-state index in [1.807, 2.05) is 6.20 Å². The summed E-state index contributed by atoms with van der Waals surface area (Å²) in [5, 5.41) is 0. The van der Waals surface area contributed by atoms with Crippen LogP contribution in [0, 0.1) is 5.92 Å². The third-order valence-electron chi connectivity index (χ3n) is 5.57. The van der Waals surface area contributed by atoms with Gasteiger partial charge in [0, 0.05) is 24.4 Å². The lowest BCUT2D eigenvalue weighted by atomic mass is 9.74. The van der Waals surface area contributed by atoms with E-state index in [1.54, 1.807) is 0 Å². The molecule has 3 aliphatic rings. The van der Waals surface area contributed by atoms with Crippen LogP contribution in [0.1, 0.15) is 36.3 Å². The van der Waals surface area contributed by atoms with E-state index < -0.39 is 0 Å². The molecule has 3 fully saturated rings. The summed E-state index contributed by atoms with van der Waals surface area (Å²) in [6.07, 6.45) is 9.27. The maximum absolute atomic E-state index is 4.39. The highest BCUT2D eigenvalue weighted by Crippen LogP contribution is 2.39. The molecule has 3 saturated heterocycles. The number of hydrogen-bond donors (Lipinski definition) is 0. The number of fused-ring (bicyclic) bond motifs is 3. The van der Waals surface area contributed by atoms with Gasteiger partial charge in [0.1, 0.15) is 0 Å². The van der Waals surface area contributed by atoms with Crippen molar-refractivity contribution in [2.24, 2.45) is 5.92 Å². The molecule has 2 heteroatoms. The van der Waals surface area contributed by atoms with Crippen LogP contribution in [0.15, 0.2) is 54.9 Å². The van der Waals surface area contributed by atoms with Gasteiger partial charge >= 0.3 is 0 Å². The van der Waals surface area contributed by atoms with Crippen molar-refractivity contribution in [3.8, 4) is 0 Å². The first-order valence-electron chi connectivity index (χ1n) is 8.58. The molecule has 114 valence electrons. The van der Waals surface area contributed by atoms with E-state index in [0.29, 0.717) is 12.0 Å².